The van der Waals surface area contributed by atoms with Crippen LogP contribution in [-0.2, 0) is 25.4 Å². The minimum Gasteiger partial charge on any atom is -0.347 e. The van der Waals surface area contributed by atoms with Crippen LogP contribution in [0.2, 0.25) is 0 Å². The Bertz CT molecular complexity index is 1140. The molecule has 1 N–H and O–H groups in total. The van der Waals surface area contributed by atoms with E-state index in [1.165, 1.54) is 34.6 Å². The Hall–Kier alpha value is -3.23. The van der Waals surface area contributed by atoms with E-state index in [9.17, 15) is 18.8 Å². The third kappa shape index (κ3) is 3.47. The smallest absolute Gasteiger partial charge is 0.332 e. The first kappa shape index (κ1) is 19.5. The van der Waals surface area contributed by atoms with E-state index in [1.807, 2.05) is 13.8 Å². The lowest BCUT2D eigenvalue weighted by atomic mass is 9.96. The summed E-state index contributed by atoms with van der Waals surface area (Å²) in [7, 11) is 3.15. The maximum absolute atomic E-state index is 13.2. The van der Waals surface area contributed by atoms with Crippen LogP contribution >= 0.6 is 0 Å². The lowest BCUT2D eigenvalue weighted by Gasteiger charge is -2.23. The highest BCUT2D eigenvalue weighted by atomic mass is 19.1. The number of carbonyl (C=O) groups is 1. The molecule has 3 aromatic rings. The van der Waals surface area contributed by atoms with E-state index in [2.05, 4.69) is 10.3 Å². The van der Waals surface area contributed by atoms with Gasteiger partial charge < -0.3 is 9.88 Å². The molecule has 28 heavy (non-hydrogen) atoms. The number of nitrogens with one attached hydrogen (secondary N) is 1. The number of benzene rings is 1. The SMILES string of the molecule is CC(C)C(NC(=O)Cn1c(=O)c2c(ncn2C)n(C)c1=O)c1ccc(F)cc1. The van der Waals surface area contributed by atoms with Gasteiger partial charge in [0.2, 0.25) is 5.91 Å². The summed E-state index contributed by atoms with van der Waals surface area (Å²) < 4.78 is 16.8. The molecule has 1 amide bonds. The van der Waals surface area contributed by atoms with Crippen LogP contribution in [0.1, 0.15) is 25.5 Å². The Labute approximate surface area is 160 Å². The molecule has 0 fully saturated rings. The van der Waals surface area contributed by atoms with Gasteiger partial charge >= 0.3 is 5.69 Å². The van der Waals surface area contributed by atoms with Gasteiger partial charge in [0, 0.05) is 14.1 Å². The van der Waals surface area contributed by atoms with Crippen LogP contribution in [0, 0.1) is 11.7 Å². The van der Waals surface area contributed by atoms with Crippen molar-refractivity contribution in [2.45, 2.75) is 26.4 Å². The van der Waals surface area contributed by atoms with Gasteiger partial charge in [0.05, 0.1) is 12.4 Å². The molecule has 1 aromatic carbocycles. The molecule has 1 atom stereocenters. The van der Waals surface area contributed by atoms with E-state index in [0.29, 0.717) is 0 Å². The van der Waals surface area contributed by atoms with Crippen molar-refractivity contribution in [1.82, 2.24) is 24.0 Å². The number of carbonyl (C=O) groups excluding carboxylic acids is 1. The van der Waals surface area contributed by atoms with Crippen LogP contribution in [0.25, 0.3) is 11.2 Å². The zero-order valence-electron chi connectivity index (χ0n) is 16.1. The largest absolute Gasteiger partial charge is 0.347 e. The van der Waals surface area contributed by atoms with E-state index in [0.717, 1.165) is 10.1 Å². The minimum atomic E-state index is -0.616. The van der Waals surface area contributed by atoms with E-state index in [-0.39, 0.29) is 28.9 Å². The zero-order chi connectivity index (χ0) is 20.6. The molecular formula is C19H22FN5O3. The van der Waals surface area contributed by atoms with Crippen molar-refractivity contribution >= 4 is 17.1 Å². The fourth-order valence-corrected chi connectivity index (χ4v) is 3.20. The molecule has 0 aliphatic carbocycles. The van der Waals surface area contributed by atoms with Crippen LogP contribution in [0.4, 0.5) is 4.39 Å². The Morgan fingerprint density at radius 2 is 1.82 bits per heavy atom. The quantitative estimate of drug-likeness (QED) is 0.709. The number of nitrogens with zero attached hydrogens (tertiary/aromatic N) is 4. The van der Waals surface area contributed by atoms with Crippen molar-refractivity contribution in [3.63, 3.8) is 0 Å². The summed E-state index contributed by atoms with van der Waals surface area (Å²) in [5, 5.41) is 2.84. The average molecular weight is 387 g/mol. The lowest BCUT2D eigenvalue weighted by molar-refractivity contribution is -0.122. The zero-order valence-corrected chi connectivity index (χ0v) is 16.1. The number of hydrogen-bond acceptors (Lipinski definition) is 4. The number of hydrogen-bond donors (Lipinski definition) is 1. The summed E-state index contributed by atoms with van der Waals surface area (Å²) in [6.07, 6.45) is 1.44. The van der Waals surface area contributed by atoms with Crippen LogP contribution in [0.15, 0.2) is 40.2 Å². The van der Waals surface area contributed by atoms with Gasteiger partial charge in [-0.2, -0.15) is 0 Å². The second kappa shape index (κ2) is 7.41. The number of amides is 1. The van der Waals surface area contributed by atoms with Crippen LogP contribution in [0.5, 0.6) is 0 Å². The first-order chi connectivity index (χ1) is 13.2. The average Bonchev–Trinajstić information content (AvgIpc) is 3.04. The Morgan fingerprint density at radius 3 is 2.43 bits per heavy atom. The number of aromatic nitrogens is 4. The highest BCUT2D eigenvalue weighted by Crippen LogP contribution is 2.21. The molecule has 3 rings (SSSR count). The van der Waals surface area contributed by atoms with Crippen molar-refractivity contribution in [1.29, 1.82) is 0 Å². The van der Waals surface area contributed by atoms with Crippen molar-refractivity contribution < 1.29 is 9.18 Å². The number of rotatable bonds is 5. The Morgan fingerprint density at radius 1 is 1.18 bits per heavy atom. The minimum absolute atomic E-state index is 0.0218. The summed E-state index contributed by atoms with van der Waals surface area (Å²) in [4.78, 5) is 41.9. The monoisotopic (exact) mass is 387 g/mol. The van der Waals surface area contributed by atoms with E-state index >= 15 is 0 Å². The first-order valence-corrected chi connectivity index (χ1v) is 8.86. The third-order valence-corrected chi connectivity index (χ3v) is 4.72. The molecule has 8 nitrogen and oxygen atoms in total. The molecule has 1 unspecified atom stereocenters. The number of imidazole rings is 1. The molecule has 2 aromatic heterocycles. The normalized spacial score (nSPS) is 12.5. The molecular weight excluding hydrogens is 365 g/mol. The summed E-state index contributed by atoms with van der Waals surface area (Å²) in [5.74, 6) is -0.825. The van der Waals surface area contributed by atoms with E-state index < -0.39 is 23.7 Å². The molecule has 2 heterocycles. The van der Waals surface area contributed by atoms with Gasteiger partial charge in [0.15, 0.2) is 11.2 Å². The van der Waals surface area contributed by atoms with Gasteiger partial charge in [-0.3, -0.25) is 14.2 Å². The highest BCUT2D eigenvalue weighted by Gasteiger charge is 2.21. The van der Waals surface area contributed by atoms with E-state index in [1.54, 1.807) is 19.2 Å². The van der Waals surface area contributed by atoms with Gasteiger partial charge in [-0.1, -0.05) is 26.0 Å². The Balaban J connectivity index is 1.92. The van der Waals surface area contributed by atoms with Crippen LogP contribution in [-0.4, -0.2) is 24.6 Å². The fraction of sp³-hybridized carbons (Fsp3) is 0.368. The second-order valence-corrected chi connectivity index (χ2v) is 7.10. The van der Waals surface area contributed by atoms with E-state index in [4.69, 9.17) is 0 Å². The first-order valence-electron chi connectivity index (χ1n) is 8.86. The summed E-state index contributed by atoms with van der Waals surface area (Å²) in [6, 6.07) is 5.48. The molecule has 0 saturated carbocycles. The topological polar surface area (TPSA) is 90.9 Å². The maximum Gasteiger partial charge on any atom is 0.332 e. The molecule has 0 bridgehead atoms. The lowest BCUT2D eigenvalue weighted by Crippen LogP contribution is -2.44. The molecule has 9 heteroatoms. The molecule has 0 saturated heterocycles. The summed E-state index contributed by atoms with van der Waals surface area (Å²) >= 11 is 0. The predicted molar refractivity (Wildman–Crippen MR) is 102 cm³/mol. The van der Waals surface area contributed by atoms with Crippen molar-refractivity contribution in [2.75, 3.05) is 0 Å². The van der Waals surface area contributed by atoms with Gasteiger partial charge in [-0.05, 0) is 23.6 Å². The molecule has 0 aliphatic heterocycles. The molecule has 0 aliphatic rings. The highest BCUT2D eigenvalue weighted by molar-refractivity contribution is 5.77. The number of aryl methyl sites for hydroxylation is 2. The molecule has 0 spiro atoms. The third-order valence-electron chi connectivity index (χ3n) is 4.72. The summed E-state index contributed by atoms with van der Waals surface area (Å²) in [5.41, 5.74) is 0.0619. The molecule has 0 radical (unpaired) electrons. The van der Waals surface area contributed by atoms with Crippen molar-refractivity contribution in [2.24, 2.45) is 20.0 Å². The van der Waals surface area contributed by atoms with Gasteiger partial charge in [0.1, 0.15) is 12.4 Å². The number of fused-ring (bicyclic) bond motifs is 1. The standard InChI is InChI=1S/C19H22FN5O3/c1-11(2)15(12-5-7-13(20)8-6-12)22-14(26)9-25-18(27)16-17(21-10-23(16)3)24(4)19(25)28/h5-8,10-11,15H,9H2,1-4H3,(H,22,26). The summed E-state index contributed by atoms with van der Waals surface area (Å²) in [6.45, 7) is 3.42. The van der Waals surface area contributed by atoms with Gasteiger partial charge in [-0.25, -0.2) is 18.7 Å². The predicted octanol–water partition coefficient (Wildman–Crippen LogP) is 1.09. The van der Waals surface area contributed by atoms with Gasteiger partial charge in [-0.15, -0.1) is 0 Å². The van der Waals surface area contributed by atoms with Gasteiger partial charge in [0.25, 0.3) is 5.56 Å². The fourth-order valence-electron chi connectivity index (χ4n) is 3.20. The Kier molecular flexibility index (Phi) is 5.17. The molecule has 148 valence electrons. The maximum atomic E-state index is 13.2. The second-order valence-electron chi connectivity index (χ2n) is 7.10. The van der Waals surface area contributed by atoms with Crippen molar-refractivity contribution in [3.8, 4) is 0 Å². The van der Waals surface area contributed by atoms with Crippen molar-refractivity contribution in [3.05, 3.63) is 62.8 Å². The number of halogens is 1. The van der Waals surface area contributed by atoms with Crippen LogP contribution < -0.4 is 16.6 Å². The van der Waals surface area contributed by atoms with Crippen LogP contribution in [0.3, 0.4) is 0 Å².